The normalized spacial score (nSPS) is 16.2. The summed E-state index contributed by atoms with van der Waals surface area (Å²) in [7, 11) is -1.56. The number of benzene rings is 1. The van der Waals surface area contributed by atoms with Crippen LogP contribution < -0.4 is 14.2 Å². The summed E-state index contributed by atoms with van der Waals surface area (Å²) in [6.45, 7) is 16.9. The largest absolute Gasteiger partial charge is 0.477 e. The minimum atomic E-state index is -3.73. The first-order chi connectivity index (χ1) is 21.1. The summed E-state index contributed by atoms with van der Waals surface area (Å²) >= 11 is 0. The minimum absolute atomic E-state index is 0.374. The Morgan fingerprint density at radius 1 is 1.09 bits per heavy atom. The molecular weight excluding hydrogens is 588 g/mol. The van der Waals surface area contributed by atoms with E-state index in [9.17, 15) is 8.42 Å². The molecule has 248 valence electrons. The molecule has 1 N–H and O–H groups in total. The Morgan fingerprint density at radius 3 is 2.38 bits per heavy atom. The van der Waals surface area contributed by atoms with Crippen molar-refractivity contribution in [3.8, 4) is 23.1 Å². The third-order valence-corrected chi connectivity index (χ3v) is 8.62. The van der Waals surface area contributed by atoms with E-state index in [2.05, 4.69) is 28.3 Å². The second-order valence-electron chi connectivity index (χ2n) is 14.5. The molecule has 1 fully saturated rings. The van der Waals surface area contributed by atoms with Crippen LogP contribution in [-0.4, -0.2) is 62.8 Å². The van der Waals surface area contributed by atoms with Gasteiger partial charge in [-0.25, -0.2) is 9.97 Å². The van der Waals surface area contributed by atoms with Gasteiger partial charge < -0.3 is 23.6 Å². The summed E-state index contributed by atoms with van der Waals surface area (Å²) in [6, 6.07) is 7.83. The molecule has 0 amide bonds. The fourth-order valence-electron chi connectivity index (χ4n) is 5.72. The van der Waals surface area contributed by atoms with Gasteiger partial charge in [-0.1, -0.05) is 47.6 Å². The van der Waals surface area contributed by atoms with Crippen molar-refractivity contribution in [1.82, 2.24) is 20.2 Å². The minimum Gasteiger partial charge on any atom is -0.477 e. The van der Waals surface area contributed by atoms with Gasteiger partial charge in [-0.15, -0.1) is 0 Å². The van der Waals surface area contributed by atoms with Crippen molar-refractivity contribution in [3.05, 3.63) is 59.1 Å². The van der Waals surface area contributed by atoms with Crippen LogP contribution in [0.2, 0.25) is 0 Å². The van der Waals surface area contributed by atoms with Crippen molar-refractivity contribution in [2.75, 3.05) is 39.5 Å². The highest BCUT2D eigenvalue weighted by atomic mass is 32.2. The highest BCUT2D eigenvalue weighted by Crippen LogP contribution is 2.43. The zero-order valence-corrected chi connectivity index (χ0v) is 29.2. The third-order valence-electron chi connectivity index (χ3n) is 8.15. The maximum absolute atomic E-state index is 12.2. The van der Waals surface area contributed by atoms with Crippen LogP contribution in [-0.2, 0) is 33.9 Å². The molecule has 1 aromatic carbocycles. The Labute approximate surface area is 270 Å². The quantitative estimate of drug-likeness (QED) is 0.210. The first kappa shape index (κ1) is 34.9. The van der Waals surface area contributed by atoms with Crippen molar-refractivity contribution >= 4 is 10.1 Å². The highest BCUT2D eigenvalue weighted by molar-refractivity contribution is 7.86. The molecule has 1 atom stereocenters. The number of hydrogen-bond acceptors (Lipinski definition) is 9. The fourth-order valence-corrected chi connectivity index (χ4v) is 6.21. The molecule has 0 spiro atoms. The van der Waals surface area contributed by atoms with Gasteiger partial charge in [0.05, 0.1) is 18.6 Å². The maximum atomic E-state index is 12.2. The van der Waals surface area contributed by atoms with Crippen LogP contribution in [0.5, 0.6) is 11.6 Å². The summed E-state index contributed by atoms with van der Waals surface area (Å²) in [5.41, 5.74) is 3.48. The van der Waals surface area contributed by atoms with E-state index in [1.54, 1.807) is 6.26 Å². The van der Waals surface area contributed by atoms with Crippen LogP contribution in [0.25, 0.3) is 11.5 Å². The van der Waals surface area contributed by atoms with Gasteiger partial charge in [0, 0.05) is 41.9 Å². The van der Waals surface area contributed by atoms with Gasteiger partial charge in [0.15, 0.2) is 0 Å². The van der Waals surface area contributed by atoms with E-state index in [0.29, 0.717) is 30.5 Å². The summed E-state index contributed by atoms with van der Waals surface area (Å²) in [6.07, 6.45) is 10.3. The van der Waals surface area contributed by atoms with E-state index < -0.39 is 10.1 Å². The van der Waals surface area contributed by atoms with Gasteiger partial charge in [0.25, 0.3) is 0 Å². The lowest BCUT2D eigenvalue weighted by Crippen LogP contribution is -2.30. The van der Waals surface area contributed by atoms with Crippen molar-refractivity contribution in [2.24, 2.45) is 5.92 Å². The average Bonchev–Trinajstić information content (AvgIpc) is 3.41. The summed E-state index contributed by atoms with van der Waals surface area (Å²) < 4.78 is 41.8. The molecule has 1 aliphatic heterocycles. The summed E-state index contributed by atoms with van der Waals surface area (Å²) in [4.78, 5) is 11.6. The van der Waals surface area contributed by atoms with Crippen molar-refractivity contribution in [2.45, 2.75) is 91.0 Å². The molecule has 45 heavy (non-hydrogen) atoms. The van der Waals surface area contributed by atoms with Gasteiger partial charge in [0.1, 0.15) is 12.0 Å². The standard InChI is InChI=1S/C35H52N4O5S/c1-34(2,3)29-19-27(20-30(35(4,5)6)32(29)44-45(8,40)41)33-38-28(24-43-33)15-18-42-31-14-13-26(22-37-31)23-39(7)17-10-12-25-11-9-16-36-21-25/h13-14,19-20,22,24-25,36H,9-12,15-18,21,23H2,1-8H3. The van der Waals surface area contributed by atoms with Crippen LogP contribution in [0.15, 0.2) is 41.1 Å². The summed E-state index contributed by atoms with van der Waals surface area (Å²) in [5, 5.41) is 3.51. The molecule has 0 radical (unpaired) electrons. The van der Waals surface area contributed by atoms with Crippen molar-refractivity contribution in [1.29, 1.82) is 0 Å². The molecule has 9 nitrogen and oxygen atoms in total. The molecule has 3 aromatic rings. The topological polar surface area (TPSA) is 107 Å². The van der Waals surface area contributed by atoms with Crippen LogP contribution in [0.3, 0.4) is 0 Å². The van der Waals surface area contributed by atoms with Gasteiger partial charge in [0.2, 0.25) is 11.8 Å². The molecule has 3 heterocycles. The van der Waals surface area contributed by atoms with E-state index in [1.807, 2.05) is 65.9 Å². The molecule has 1 aliphatic rings. The van der Waals surface area contributed by atoms with Crippen LogP contribution >= 0.6 is 0 Å². The van der Waals surface area contributed by atoms with Crippen molar-refractivity contribution in [3.63, 3.8) is 0 Å². The zero-order valence-electron chi connectivity index (χ0n) is 28.4. The SMILES string of the molecule is CN(CCCC1CCCNC1)Cc1ccc(OCCc2coc(-c3cc(C(C)(C)C)c(OS(C)(=O)=O)c(C(C)(C)C)c3)n2)nc1. The van der Waals surface area contributed by atoms with Crippen LogP contribution in [0.1, 0.15) is 89.6 Å². The molecular formula is C35H52N4O5S. The monoisotopic (exact) mass is 640 g/mol. The van der Waals surface area contributed by atoms with Gasteiger partial charge in [-0.2, -0.15) is 8.42 Å². The van der Waals surface area contributed by atoms with E-state index >= 15 is 0 Å². The Hall–Kier alpha value is -2.95. The molecule has 10 heteroatoms. The number of ether oxygens (including phenoxy) is 1. The Morgan fingerprint density at radius 2 is 1.80 bits per heavy atom. The first-order valence-corrected chi connectivity index (χ1v) is 17.9. The lowest BCUT2D eigenvalue weighted by Gasteiger charge is -2.29. The Bertz CT molecular complexity index is 1460. The number of oxazole rings is 1. The number of aromatic nitrogens is 2. The average molecular weight is 641 g/mol. The predicted molar refractivity (Wildman–Crippen MR) is 179 cm³/mol. The predicted octanol–water partition coefficient (Wildman–Crippen LogP) is 6.50. The molecule has 0 aliphatic carbocycles. The summed E-state index contributed by atoms with van der Waals surface area (Å²) in [5.74, 6) is 2.25. The Balaban J connectivity index is 1.35. The first-order valence-electron chi connectivity index (χ1n) is 16.1. The lowest BCUT2D eigenvalue weighted by atomic mass is 9.78. The number of pyridine rings is 1. The molecule has 1 saturated heterocycles. The van der Waals surface area contributed by atoms with E-state index in [-0.39, 0.29) is 10.8 Å². The zero-order chi connectivity index (χ0) is 32.8. The molecule has 0 bridgehead atoms. The smallest absolute Gasteiger partial charge is 0.306 e. The van der Waals surface area contributed by atoms with Gasteiger partial charge >= 0.3 is 10.1 Å². The highest BCUT2D eigenvalue weighted by Gasteiger charge is 2.30. The molecule has 2 aromatic heterocycles. The van der Waals surface area contributed by atoms with Gasteiger partial charge in [-0.3, -0.25) is 0 Å². The number of hydrogen-bond donors (Lipinski definition) is 1. The lowest BCUT2D eigenvalue weighted by molar-refractivity contribution is 0.286. The number of nitrogens with zero attached hydrogens (tertiary/aromatic N) is 3. The number of piperidine rings is 1. The number of rotatable bonds is 13. The molecule has 0 saturated carbocycles. The van der Waals surface area contributed by atoms with E-state index in [1.165, 1.54) is 44.3 Å². The van der Waals surface area contributed by atoms with E-state index in [0.717, 1.165) is 47.6 Å². The number of nitrogens with one attached hydrogen (secondary N) is 1. The van der Waals surface area contributed by atoms with Gasteiger partial charge in [-0.05, 0) is 86.8 Å². The second kappa shape index (κ2) is 14.6. The van der Waals surface area contributed by atoms with Crippen molar-refractivity contribution < 1.29 is 21.8 Å². The maximum Gasteiger partial charge on any atom is 0.306 e. The van der Waals surface area contributed by atoms with Crippen LogP contribution in [0.4, 0.5) is 0 Å². The Kier molecular flexibility index (Phi) is 11.4. The molecule has 4 rings (SSSR count). The second-order valence-corrected chi connectivity index (χ2v) is 16.1. The third kappa shape index (κ3) is 10.5. The van der Waals surface area contributed by atoms with Crippen LogP contribution in [0, 0.1) is 5.92 Å². The fraction of sp³-hybridized carbons (Fsp3) is 0.600. The molecule has 1 unspecified atom stereocenters. The van der Waals surface area contributed by atoms with E-state index in [4.69, 9.17) is 18.3 Å².